The SMILES string of the molecule is Cn1c(=O)ccn(CC(=O)N2CCCCC2C(=O)Nc2ccc(Cl)cc2Cl)c1=O. The number of carbonyl (C=O) groups is 2. The van der Waals surface area contributed by atoms with Gasteiger partial charge in [0, 0.05) is 30.9 Å². The molecule has 2 amide bonds. The van der Waals surface area contributed by atoms with Gasteiger partial charge in [0.05, 0.1) is 10.7 Å². The van der Waals surface area contributed by atoms with E-state index in [4.69, 9.17) is 23.2 Å². The molecule has 1 aromatic heterocycles. The van der Waals surface area contributed by atoms with Gasteiger partial charge in [0.25, 0.3) is 5.56 Å². The van der Waals surface area contributed by atoms with Crippen LogP contribution in [0.4, 0.5) is 5.69 Å². The predicted octanol–water partition coefficient (Wildman–Crippen LogP) is 1.87. The van der Waals surface area contributed by atoms with Gasteiger partial charge >= 0.3 is 5.69 Å². The van der Waals surface area contributed by atoms with E-state index in [9.17, 15) is 19.2 Å². The van der Waals surface area contributed by atoms with Crippen LogP contribution in [0.15, 0.2) is 40.1 Å². The molecule has 1 N–H and O–H groups in total. The number of likely N-dealkylation sites (tertiary alicyclic amines) is 1. The first-order chi connectivity index (χ1) is 13.8. The monoisotopic (exact) mass is 438 g/mol. The van der Waals surface area contributed by atoms with Crippen LogP contribution in [-0.2, 0) is 23.2 Å². The first kappa shape index (κ1) is 21.1. The summed E-state index contributed by atoms with van der Waals surface area (Å²) in [4.78, 5) is 50.9. The average molecular weight is 439 g/mol. The van der Waals surface area contributed by atoms with E-state index in [0.29, 0.717) is 28.7 Å². The summed E-state index contributed by atoms with van der Waals surface area (Å²) < 4.78 is 2.08. The maximum atomic E-state index is 12.9. The fraction of sp³-hybridized carbons (Fsp3) is 0.368. The Morgan fingerprint density at radius 1 is 1.17 bits per heavy atom. The molecule has 1 aromatic carbocycles. The lowest BCUT2D eigenvalue weighted by atomic mass is 10.0. The Morgan fingerprint density at radius 3 is 2.66 bits per heavy atom. The molecule has 8 nitrogen and oxygen atoms in total. The highest BCUT2D eigenvalue weighted by Gasteiger charge is 2.32. The van der Waals surface area contributed by atoms with Gasteiger partial charge < -0.3 is 10.2 Å². The molecule has 0 bridgehead atoms. The number of piperidine rings is 1. The molecule has 1 unspecified atom stereocenters. The lowest BCUT2D eigenvalue weighted by Crippen LogP contribution is -2.52. The van der Waals surface area contributed by atoms with Gasteiger partial charge in [-0.3, -0.25) is 23.5 Å². The second-order valence-electron chi connectivity index (χ2n) is 6.84. The maximum absolute atomic E-state index is 12.9. The minimum Gasteiger partial charge on any atom is -0.329 e. The quantitative estimate of drug-likeness (QED) is 0.788. The minimum absolute atomic E-state index is 0.252. The first-order valence-corrected chi connectivity index (χ1v) is 9.85. The van der Waals surface area contributed by atoms with E-state index in [0.717, 1.165) is 22.0 Å². The summed E-state index contributed by atoms with van der Waals surface area (Å²) in [5, 5.41) is 3.50. The van der Waals surface area contributed by atoms with Crippen LogP contribution in [0, 0.1) is 0 Å². The molecule has 154 valence electrons. The second-order valence-corrected chi connectivity index (χ2v) is 7.68. The zero-order chi connectivity index (χ0) is 21.1. The fourth-order valence-corrected chi connectivity index (χ4v) is 3.74. The predicted molar refractivity (Wildman–Crippen MR) is 110 cm³/mol. The number of benzene rings is 1. The van der Waals surface area contributed by atoms with Crippen molar-refractivity contribution in [1.82, 2.24) is 14.0 Å². The zero-order valence-corrected chi connectivity index (χ0v) is 17.2. The molecule has 3 rings (SSSR count). The number of carbonyl (C=O) groups excluding carboxylic acids is 2. The van der Waals surface area contributed by atoms with Gasteiger partial charge in [-0.25, -0.2) is 4.79 Å². The van der Waals surface area contributed by atoms with E-state index in [1.807, 2.05) is 0 Å². The third-order valence-corrected chi connectivity index (χ3v) is 5.43. The van der Waals surface area contributed by atoms with Crippen molar-refractivity contribution in [2.75, 3.05) is 11.9 Å². The van der Waals surface area contributed by atoms with Crippen molar-refractivity contribution >= 4 is 40.7 Å². The molecule has 0 aliphatic carbocycles. The van der Waals surface area contributed by atoms with Gasteiger partial charge in [-0.2, -0.15) is 0 Å². The van der Waals surface area contributed by atoms with Crippen LogP contribution in [0.1, 0.15) is 19.3 Å². The number of hydrogen-bond donors (Lipinski definition) is 1. The van der Waals surface area contributed by atoms with E-state index in [1.54, 1.807) is 12.1 Å². The summed E-state index contributed by atoms with van der Waals surface area (Å²) in [6, 6.07) is 5.28. The number of nitrogens with one attached hydrogen (secondary N) is 1. The number of rotatable bonds is 4. The van der Waals surface area contributed by atoms with Gasteiger partial charge in [-0.1, -0.05) is 23.2 Å². The molecule has 1 aliphatic heterocycles. The Hall–Kier alpha value is -2.58. The number of nitrogens with zero attached hydrogens (tertiary/aromatic N) is 3. The van der Waals surface area contributed by atoms with Crippen molar-refractivity contribution in [2.45, 2.75) is 31.8 Å². The highest BCUT2D eigenvalue weighted by atomic mass is 35.5. The van der Waals surface area contributed by atoms with Crippen molar-refractivity contribution < 1.29 is 9.59 Å². The third-order valence-electron chi connectivity index (χ3n) is 4.88. The van der Waals surface area contributed by atoms with E-state index < -0.39 is 17.3 Å². The molecule has 0 saturated carbocycles. The first-order valence-electron chi connectivity index (χ1n) is 9.10. The van der Waals surface area contributed by atoms with Crippen LogP contribution < -0.4 is 16.6 Å². The minimum atomic E-state index is -0.675. The normalized spacial score (nSPS) is 16.5. The van der Waals surface area contributed by atoms with E-state index in [1.165, 1.54) is 30.3 Å². The second kappa shape index (κ2) is 8.84. The van der Waals surface area contributed by atoms with Crippen LogP contribution in [0.25, 0.3) is 0 Å². The lowest BCUT2D eigenvalue weighted by molar-refractivity contribution is -0.140. The van der Waals surface area contributed by atoms with Crippen LogP contribution >= 0.6 is 23.2 Å². The van der Waals surface area contributed by atoms with Crippen molar-refractivity contribution in [2.24, 2.45) is 7.05 Å². The van der Waals surface area contributed by atoms with Gasteiger partial charge in [0.2, 0.25) is 11.8 Å². The Labute approximate surface area is 176 Å². The topological polar surface area (TPSA) is 93.4 Å². The Morgan fingerprint density at radius 2 is 1.93 bits per heavy atom. The molecule has 1 aliphatic rings. The summed E-state index contributed by atoms with van der Waals surface area (Å²) in [6.45, 7) is 0.157. The molecular formula is C19H20Cl2N4O4. The van der Waals surface area contributed by atoms with Gasteiger partial charge in [-0.15, -0.1) is 0 Å². The van der Waals surface area contributed by atoms with Crippen LogP contribution in [0.3, 0.4) is 0 Å². The largest absolute Gasteiger partial charge is 0.331 e. The molecule has 1 atom stereocenters. The lowest BCUT2D eigenvalue weighted by Gasteiger charge is -2.35. The summed E-state index contributed by atoms with van der Waals surface area (Å²) in [7, 11) is 1.35. The maximum Gasteiger partial charge on any atom is 0.331 e. The zero-order valence-electron chi connectivity index (χ0n) is 15.7. The molecule has 1 saturated heterocycles. The van der Waals surface area contributed by atoms with Gasteiger partial charge in [-0.05, 0) is 37.5 Å². The molecule has 29 heavy (non-hydrogen) atoms. The van der Waals surface area contributed by atoms with Crippen LogP contribution in [-0.4, -0.2) is 38.4 Å². The number of amides is 2. The molecule has 2 heterocycles. The Bertz CT molecular complexity index is 1060. The van der Waals surface area contributed by atoms with Gasteiger partial charge in [0.15, 0.2) is 0 Å². The molecule has 0 radical (unpaired) electrons. The molecule has 1 fully saturated rings. The summed E-state index contributed by atoms with van der Waals surface area (Å²) in [5.74, 6) is -0.720. The Kier molecular flexibility index (Phi) is 6.44. The molecule has 10 heteroatoms. The van der Waals surface area contributed by atoms with Crippen LogP contribution in [0.5, 0.6) is 0 Å². The van der Waals surface area contributed by atoms with E-state index in [-0.39, 0.29) is 18.4 Å². The number of aromatic nitrogens is 2. The van der Waals surface area contributed by atoms with Crippen molar-refractivity contribution in [3.63, 3.8) is 0 Å². The standard InChI is InChI=1S/C19H20Cl2N4O4/c1-23-16(26)7-9-24(19(23)29)11-17(27)25-8-3-2-4-15(25)18(28)22-14-6-5-12(20)10-13(14)21/h5-7,9-10,15H,2-4,8,11H2,1H3,(H,22,28). The van der Waals surface area contributed by atoms with Crippen molar-refractivity contribution in [3.8, 4) is 0 Å². The summed E-state index contributed by atoms with van der Waals surface area (Å²) in [6.07, 6.45) is 3.36. The summed E-state index contributed by atoms with van der Waals surface area (Å²) in [5.41, 5.74) is -0.626. The fourth-order valence-electron chi connectivity index (χ4n) is 3.28. The number of hydrogen-bond acceptors (Lipinski definition) is 4. The van der Waals surface area contributed by atoms with E-state index >= 15 is 0 Å². The smallest absolute Gasteiger partial charge is 0.329 e. The summed E-state index contributed by atoms with van der Waals surface area (Å²) >= 11 is 12.0. The Balaban J connectivity index is 1.77. The average Bonchev–Trinajstić information content (AvgIpc) is 2.70. The van der Waals surface area contributed by atoms with Crippen molar-refractivity contribution in [3.05, 3.63) is 61.3 Å². The molecular weight excluding hydrogens is 419 g/mol. The third kappa shape index (κ3) is 4.71. The highest BCUT2D eigenvalue weighted by Crippen LogP contribution is 2.27. The number of halogens is 2. The number of anilines is 1. The molecule has 2 aromatic rings. The highest BCUT2D eigenvalue weighted by molar-refractivity contribution is 6.36. The van der Waals surface area contributed by atoms with Crippen LogP contribution in [0.2, 0.25) is 10.0 Å². The molecule has 0 spiro atoms. The van der Waals surface area contributed by atoms with Gasteiger partial charge in [0.1, 0.15) is 12.6 Å². The van der Waals surface area contributed by atoms with E-state index in [2.05, 4.69) is 5.32 Å². The van der Waals surface area contributed by atoms with Crippen molar-refractivity contribution in [1.29, 1.82) is 0 Å².